The van der Waals surface area contributed by atoms with E-state index in [-0.39, 0.29) is 0 Å². The van der Waals surface area contributed by atoms with Crippen LogP contribution in [0.15, 0.2) is 24.3 Å². The van der Waals surface area contributed by atoms with Gasteiger partial charge in [0.15, 0.2) is 0 Å². The number of hydrazine groups is 1. The first-order valence-corrected chi connectivity index (χ1v) is 4.72. The number of carbonyl (C=O) groups is 1. The summed E-state index contributed by atoms with van der Waals surface area (Å²) < 4.78 is 4.67. The van der Waals surface area contributed by atoms with E-state index >= 15 is 0 Å². The van der Waals surface area contributed by atoms with Crippen molar-refractivity contribution in [1.29, 1.82) is 0 Å². The van der Waals surface area contributed by atoms with E-state index in [4.69, 9.17) is 5.73 Å². The minimum atomic E-state index is -0.485. The second-order valence-corrected chi connectivity index (χ2v) is 2.94. The number of hydrogen-bond acceptors (Lipinski definition) is 4. The molecule has 0 heterocycles. The van der Waals surface area contributed by atoms with Gasteiger partial charge in [-0.2, -0.15) is 0 Å². The number of nitrogens with two attached hydrogens (primary N) is 1. The van der Waals surface area contributed by atoms with E-state index in [1.807, 2.05) is 24.3 Å². The molecule has 4 N–H and O–H groups in total. The molecule has 0 aliphatic carbocycles. The maximum atomic E-state index is 10.9. The normalized spacial score (nSPS) is 9.67. The van der Waals surface area contributed by atoms with Gasteiger partial charge in [0.05, 0.1) is 6.61 Å². The van der Waals surface area contributed by atoms with E-state index in [1.165, 1.54) is 0 Å². The van der Waals surface area contributed by atoms with E-state index in [0.29, 0.717) is 18.8 Å². The number of hydrogen-bond donors (Lipinski definition) is 3. The first-order valence-electron chi connectivity index (χ1n) is 4.72. The molecule has 1 aromatic carbocycles. The number of amides is 1. The molecular formula is C10H15N3O2. The van der Waals surface area contributed by atoms with Crippen molar-refractivity contribution >= 4 is 11.8 Å². The number of nitrogen functional groups attached to an aromatic ring is 1. The van der Waals surface area contributed by atoms with Gasteiger partial charge in [0, 0.05) is 12.2 Å². The molecule has 0 spiro atoms. The highest BCUT2D eigenvalue weighted by atomic mass is 16.5. The molecule has 5 heteroatoms. The Hall–Kier alpha value is -1.75. The third kappa shape index (κ3) is 4.33. The quantitative estimate of drug-likeness (QED) is 0.511. The van der Waals surface area contributed by atoms with E-state index in [1.54, 1.807) is 6.92 Å². The van der Waals surface area contributed by atoms with Crippen molar-refractivity contribution in [2.75, 3.05) is 12.3 Å². The molecule has 1 aromatic rings. The average molecular weight is 209 g/mol. The number of nitrogens with one attached hydrogen (secondary N) is 2. The maximum absolute atomic E-state index is 10.9. The largest absolute Gasteiger partial charge is 0.449 e. The lowest BCUT2D eigenvalue weighted by molar-refractivity contribution is 0.147. The number of rotatable bonds is 4. The van der Waals surface area contributed by atoms with Gasteiger partial charge in [0.1, 0.15) is 0 Å². The van der Waals surface area contributed by atoms with Gasteiger partial charge in [-0.25, -0.2) is 10.2 Å². The van der Waals surface area contributed by atoms with Crippen LogP contribution in [0.4, 0.5) is 10.5 Å². The van der Waals surface area contributed by atoms with Crippen molar-refractivity contribution in [2.24, 2.45) is 0 Å². The molecule has 0 aliphatic heterocycles. The van der Waals surface area contributed by atoms with Crippen LogP contribution in [0.5, 0.6) is 0 Å². The highest BCUT2D eigenvalue weighted by molar-refractivity contribution is 5.66. The molecule has 0 radical (unpaired) electrons. The third-order valence-electron chi connectivity index (χ3n) is 1.71. The molecular weight excluding hydrogens is 194 g/mol. The van der Waals surface area contributed by atoms with Crippen molar-refractivity contribution in [3.05, 3.63) is 29.8 Å². The minimum Gasteiger partial charge on any atom is -0.449 e. The Labute approximate surface area is 88.6 Å². The lowest BCUT2D eigenvalue weighted by atomic mass is 10.2. The van der Waals surface area contributed by atoms with Crippen molar-refractivity contribution in [2.45, 2.75) is 13.5 Å². The van der Waals surface area contributed by atoms with Crippen LogP contribution in [0.1, 0.15) is 12.5 Å². The number of benzene rings is 1. The Morgan fingerprint density at radius 3 is 3.00 bits per heavy atom. The fourth-order valence-electron chi connectivity index (χ4n) is 1.09. The zero-order valence-electron chi connectivity index (χ0n) is 8.62. The topological polar surface area (TPSA) is 76.4 Å². The molecule has 0 fully saturated rings. The van der Waals surface area contributed by atoms with Gasteiger partial charge in [-0.1, -0.05) is 12.1 Å². The average Bonchev–Trinajstić information content (AvgIpc) is 2.18. The lowest BCUT2D eigenvalue weighted by Gasteiger charge is -2.07. The molecule has 0 saturated heterocycles. The van der Waals surface area contributed by atoms with Crippen LogP contribution < -0.4 is 16.6 Å². The lowest BCUT2D eigenvalue weighted by Crippen LogP contribution is -2.37. The Morgan fingerprint density at radius 1 is 1.53 bits per heavy atom. The molecule has 15 heavy (non-hydrogen) atoms. The summed E-state index contributed by atoms with van der Waals surface area (Å²) in [5.41, 5.74) is 12.4. The first-order chi connectivity index (χ1) is 7.22. The van der Waals surface area contributed by atoms with Crippen LogP contribution in [-0.2, 0) is 11.3 Å². The number of ether oxygens (including phenoxy) is 1. The summed E-state index contributed by atoms with van der Waals surface area (Å²) in [6.45, 7) is 2.60. The van der Waals surface area contributed by atoms with Gasteiger partial charge in [-0.15, -0.1) is 0 Å². The molecule has 0 aliphatic rings. The Bertz CT molecular complexity index is 328. The van der Waals surface area contributed by atoms with Gasteiger partial charge >= 0.3 is 6.09 Å². The second kappa shape index (κ2) is 5.87. The molecule has 1 rings (SSSR count). The smallest absolute Gasteiger partial charge is 0.421 e. The van der Waals surface area contributed by atoms with Gasteiger partial charge in [-0.3, -0.25) is 5.43 Å². The number of carbonyl (C=O) groups excluding carboxylic acids is 1. The summed E-state index contributed by atoms with van der Waals surface area (Å²) >= 11 is 0. The molecule has 1 amide bonds. The second-order valence-electron chi connectivity index (χ2n) is 2.94. The molecule has 0 atom stereocenters. The fourth-order valence-corrected chi connectivity index (χ4v) is 1.09. The van der Waals surface area contributed by atoms with Crippen LogP contribution in [0.25, 0.3) is 0 Å². The zero-order valence-corrected chi connectivity index (χ0v) is 8.62. The Kier molecular flexibility index (Phi) is 4.43. The molecule has 0 bridgehead atoms. The molecule has 0 unspecified atom stereocenters. The van der Waals surface area contributed by atoms with E-state index in [9.17, 15) is 4.79 Å². The Balaban J connectivity index is 2.28. The highest BCUT2D eigenvalue weighted by Gasteiger charge is 1.98. The van der Waals surface area contributed by atoms with Crippen molar-refractivity contribution in [3.8, 4) is 0 Å². The monoisotopic (exact) mass is 209 g/mol. The van der Waals surface area contributed by atoms with Gasteiger partial charge in [0.2, 0.25) is 0 Å². The van der Waals surface area contributed by atoms with Crippen molar-refractivity contribution in [3.63, 3.8) is 0 Å². The van der Waals surface area contributed by atoms with Crippen LogP contribution in [0.2, 0.25) is 0 Å². The number of anilines is 1. The van der Waals surface area contributed by atoms with Crippen LogP contribution >= 0.6 is 0 Å². The van der Waals surface area contributed by atoms with Crippen LogP contribution in [0.3, 0.4) is 0 Å². The van der Waals surface area contributed by atoms with E-state index < -0.39 is 6.09 Å². The predicted octanol–water partition coefficient (Wildman–Crippen LogP) is 1.02. The van der Waals surface area contributed by atoms with Gasteiger partial charge < -0.3 is 10.5 Å². The van der Waals surface area contributed by atoms with Crippen molar-refractivity contribution < 1.29 is 9.53 Å². The molecule has 82 valence electrons. The minimum absolute atomic E-state index is 0.353. The maximum Gasteiger partial charge on any atom is 0.421 e. The van der Waals surface area contributed by atoms with Crippen LogP contribution in [-0.4, -0.2) is 12.7 Å². The highest BCUT2D eigenvalue weighted by Crippen LogP contribution is 2.05. The summed E-state index contributed by atoms with van der Waals surface area (Å²) in [5, 5.41) is 0. The summed E-state index contributed by atoms with van der Waals surface area (Å²) in [7, 11) is 0. The first kappa shape index (κ1) is 11.3. The Morgan fingerprint density at radius 2 is 2.33 bits per heavy atom. The zero-order chi connectivity index (χ0) is 11.1. The summed E-state index contributed by atoms with van der Waals surface area (Å²) in [6, 6.07) is 7.41. The summed E-state index contributed by atoms with van der Waals surface area (Å²) in [6.07, 6.45) is -0.485. The fraction of sp³-hybridized carbons (Fsp3) is 0.300. The van der Waals surface area contributed by atoms with Crippen LogP contribution in [0, 0.1) is 0 Å². The predicted molar refractivity (Wildman–Crippen MR) is 57.9 cm³/mol. The van der Waals surface area contributed by atoms with E-state index in [0.717, 1.165) is 5.56 Å². The summed E-state index contributed by atoms with van der Waals surface area (Å²) in [4.78, 5) is 10.9. The van der Waals surface area contributed by atoms with Gasteiger partial charge in [0.25, 0.3) is 0 Å². The standard InChI is InChI=1S/C10H15N3O2/c1-2-15-10(14)13-12-7-8-4-3-5-9(11)6-8/h3-6,12H,2,7,11H2,1H3,(H,13,14). The molecule has 0 aromatic heterocycles. The third-order valence-corrected chi connectivity index (χ3v) is 1.71. The van der Waals surface area contributed by atoms with E-state index in [2.05, 4.69) is 15.6 Å². The van der Waals surface area contributed by atoms with Crippen molar-refractivity contribution in [1.82, 2.24) is 10.9 Å². The SMILES string of the molecule is CCOC(=O)NNCc1cccc(N)c1. The summed E-state index contributed by atoms with van der Waals surface area (Å²) in [5.74, 6) is 0. The molecule has 0 saturated carbocycles. The van der Waals surface area contributed by atoms with Gasteiger partial charge in [-0.05, 0) is 24.6 Å². The molecule has 5 nitrogen and oxygen atoms in total.